The Morgan fingerprint density at radius 1 is 1.10 bits per heavy atom. The standard InChI is InChI=1S/C23H33N7O/c1-16-13-19(31)27-21-20(16)23(25-15-24-21)29-9-5-18(6-10-29)22-26-17(2)14-30(22)12-11-28-7-3-4-8-28/h14-16,18H,3-13H2,1-2H3,(H,24,25,27,31). The molecule has 0 bridgehead atoms. The van der Waals surface area contributed by atoms with Crippen molar-refractivity contribution in [1.29, 1.82) is 0 Å². The third-order valence-electron chi connectivity index (χ3n) is 7.05. The van der Waals surface area contributed by atoms with E-state index < -0.39 is 0 Å². The molecule has 8 heteroatoms. The van der Waals surface area contributed by atoms with Crippen molar-refractivity contribution in [3.8, 4) is 0 Å². The molecule has 1 unspecified atom stereocenters. The Kier molecular flexibility index (Phi) is 5.65. The van der Waals surface area contributed by atoms with Crippen LogP contribution in [0.3, 0.4) is 0 Å². The highest BCUT2D eigenvalue weighted by atomic mass is 16.1. The van der Waals surface area contributed by atoms with Gasteiger partial charge in [-0.25, -0.2) is 15.0 Å². The Bertz CT molecular complexity index is 941. The zero-order valence-corrected chi connectivity index (χ0v) is 18.7. The van der Waals surface area contributed by atoms with E-state index >= 15 is 0 Å². The highest BCUT2D eigenvalue weighted by molar-refractivity contribution is 5.94. The van der Waals surface area contributed by atoms with Crippen LogP contribution < -0.4 is 10.2 Å². The molecule has 1 N–H and O–H groups in total. The van der Waals surface area contributed by atoms with Gasteiger partial charge in [-0.3, -0.25) is 4.79 Å². The van der Waals surface area contributed by atoms with Crippen LogP contribution in [-0.4, -0.2) is 63.0 Å². The van der Waals surface area contributed by atoms with Gasteiger partial charge in [-0.2, -0.15) is 0 Å². The first kappa shape index (κ1) is 20.4. The summed E-state index contributed by atoms with van der Waals surface area (Å²) in [5.74, 6) is 3.60. The summed E-state index contributed by atoms with van der Waals surface area (Å²) in [6.07, 6.45) is 9.11. The number of likely N-dealkylation sites (tertiary alicyclic amines) is 1. The molecule has 0 radical (unpaired) electrons. The fraction of sp³-hybridized carbons (Fsp3) is 0.652. The number of carbonyl (C=O) groups excluding carboxylic acids is 1. The molecule has 0 aromatic carbocycles. The number of hydrogen-bond donors (Lipinski definition) is 1. The molecule has 31 heavy (non-hydrogen) atoms. The molecule has 0 spiro atoms. The minimum absolute atomic E-state index is 0.0412. The maximum atomic E-state index is 11.9. The van der Waals surface area contributed by atoms with E-state index in [1.54, 1.807) is 6.33 Å². The second kappa shape index (κ2) is 8.57. The molecule has 5 heterocycles. The van der Waals surface area contributed by atoms with Crippen LogP contribution in [0, 0.1) is 6.92 Å². The van der Waals surface area contributed by atoms with Crippen molar-refractivity contribution >= 4 is 17.5 Å². The van der Waals surface area contributed by atoms with Crippen molar-refractivity contribution in [3.63, 3.8) is 0 Å². The van der Waals surface area contributed by atoms with Crippen LogP contribution in [0.4, 0.5) is 11.6 Å². The van der Waals surface area contributed by atoms with E-state index in [-0.39, 0.29) is 11.8 Å². The summed E-state index contributed by atoms with van der Waals surface area (Å²) < 4.78 is 2.40. The summed E-state index contributed by atoms with van der Waals surface area (Å²) in [6.45, 7) is 10.7. The first-order chi connectivity index (χ1) is 15.1. The van der Waals surface area contributed by atoms with E-state index in [9.17, 15) is 4.79 Å². The number of rotatable bonds is 5. The van der Waals surface area contributed by atoms with Gasteiger partial charge in [-0.15, -0.1) is 0 Å². The summed E-state index contributed by atoms with van der Waals surface area (Å²) in [7, 11) is 0. The number of imidazole rings is 1. The number of fused-ring (bicyclic) bond motifs is 1. The smallest absolute Gasteiger partial charge is 0.226 e. The normalized spacial score (nSPS) is 22.6. The predicted octanol–water partition coefficient (Wildman–Crippen LogP) is 2.91. The molecule has 166 valence electrons. The van der Waals surface area contributed by atoms with E-state index in [0.29, 0.717) is 18.2 Å². The Labute approximate surface area is 184 Å². The van der Waals surface area contributed by atoms with Crippen molar-refractivity contribution in [1.82, 2.24) is 24.4 Å². The van der Waals surface area contributed by atoms with E-state index in [1.807, 2.05) is 0 Å². The van der Waals surface area contributed by atoms with Crippen molar-refractivity contribution in [2.45, 2.75) is 64.3 Å². The average molecular weight is 424 g/mol. The maximum absolute atomic E-state index is 11.9. The summed E-state index contributed by atoms with van der Waals surface area (Å²) in [4.78, 5) is 30.7. The first-order valence-electron chi connectivity index (χ1n) is 11.7. The molecule has 1 amide bonds. The lowest BCUT2D eigenvalue weighted by Gasteiger charge is -2.35. The highest BCUT2D eigenvalue weighted by Crippen LogP contribution is 2.38. The van der Waals surface area contributed by atoms with E-state index in [0.717, 1.165) is 56.1 Å². The third kappa shape index (κ3) is 4.18. The summed E-state index contributed by atoms with van der Waals surface area (Å²) in [6, 6.07) is 0. The van der Waals surface area contributed by atoms with Crippen molar-refractivity contribution < 1.29 is 4.79 Å². The van der Waals surface area contributed by atoms with Gasteiger partial charge >= 0.3 is 0 Å². The maximum Gasteiger partial charge on any atom is 0.226 e. The van der Waals surface area contributed by atoms with Crippen LogP contribution in [0.25, 0.3) is 0 Å². The number of hydrogen-bond acceptors (Lipinski definition) is 6. The SMILES string of the molecule is Cc1cn(CCN2CCCC2)c(C2CCN(c3ncnc4c3C(C)CC(=O)N4)CC2)n1. The van der Waals surface area contributed by atoms with Crippen molar-refractivity contribution in [3.05, 3.63) is 29.6 Å². The highest BCUT2D eigenvalue weighted by Gasteiger charge is 2.31. The average Bonchev–Trinajstić information content (AvgIpc) is 3.41. The van der Waals surface area contributed by atoms with Crippen LogP contribution in [-0.2, 0) is 11.3 Å². The number of nitrogens with one attached hydrogen (secondary N) is 1. The number of nitrogens with zero attached hydrogens (tertiary/aromatic N) is 6. The molecule has 5 rings (SSSR count). The minimum Gasteiger partial charge on any atom is -0.356 e. The molecule has 1 atom stereocenters. The molecule has 2 fully saturated rings. The molecule has 3 aliphatic heterocycles. The summed E-state index contributed by atoms with van der Waals surface area (Å²) in [5, 5.41) is 2.92. The number of carbonyl (C=O) groups is 1. The fourth-order valence-corrected chi connectivity index (χ4v) is 5.43. The van der Waals surface area contributed by atoms with Crippen LogP contribution >= 0.6 is 0 Å². The van der Waals surface area contributed by atoms with E-state index in [1.165, 1.54) is 31.8 Å². The van der Waals surface area contributed by atoms with Crippen LogP contribution in [0.15, 0.2) is 12.5 Å². The summed E-state index contributed by atoms with van der Waals surface area (Å²) >= 11 is 0. The second-order valence-corrected chi connectivity index (χ2v) is 9.36. The lowest BCUT2D eigenvalue weighted by molar-refractivity contribution is -0.116. The van der Waals surface area contributed by atoms with Gasteiger partial charge in [0.25, 0.3) is 0 Å². The molecule has 2 aromatic rings. The molecular formula is C23H33N7O. The van der Waals surface area contributed by atoms with Crippen molar-refractivity contribution in [2.75, 3.05) is 42.9 Å². The Balaban J connectivity index is 1.28. The first-order valence-corrected chi connectivity index (χ1v) is 11.7. The largest absolute Gasteiger partial charge is 0.356 e. The molecule has 8 nitrogen and oxygen atoms in total. The number of amides is 1. The quantitative estimate of drug-likeness (QED) is 0.797. The lowest BCUT2D eigenvalue weighted by atomic mass is 9.92. The molecular weight excluding hydrogens is 390 g/mol. The zero-order chi connectivity index (χ0) is 21.4. The second-order valence-electron chi connectivity index (χ2n) is 9.36. The molecule has 0 saturated carbocycles. The Hall–Kier alpha value is -2.48. The number of anilines is 2. The van der Waals surface area contributed by atoms with Gasteiger partial charge in [-0.1, -0.05) is 6.92 Å². The van der Waals surface area contributed by atoms with Gasteiger partial charge < -0.3 is 19.7 Å². The van der Waals surface area contributed by atoms with Crippen LogP contribution in [0.5, 0.6) is 0 Å². The van der Waals surface area contributed by atoms with Crippen LogP contribution in [0.2, 0.25) is 0 Å². The minimum atomic E-state index is 0.0412. The van der Waals surface area contributed by atoms with Crippen LogP contribution in [0.1, 0.15) is 67.9 Å². The Morgan fingerprint density at radius 2 is 1.87 bits per heavy atom. The summed E-state index contributed by atoms with van der Waals surface area (Å²) in [5.41, 5.74) is 2.21. The van der Waals surface area contributed by atoms with Gasteiger partial charge in [-0.05, 0) is 51.6 Å². The lowest BCUT2D eigenvalue weighted by Crippen LogP contribution is -2.36. The number of aromatic nitrogens is 4. The van der Waals surface area contributed by atoms with Gasteiger partial charge in [0.15, 0.2) is 0 Å². The Morgan fingerprint density at radius 3 is 2.65 bits per heavy atom. The molecule has 2 aromatic heterocycles. The van der Waals surface area contributed by atoms with E-state index in [4.69, 9.17) is 4.98 Å². The third-order valence-corrected chi connectivity index (χ3v) is 7.05. The molecule has 2 saturated heterocycles. The molecule has 0 aliphatic carbocycles. The predicted molar refractivity (Wildman–Crippen MR) is 121 cm³/mol. The molecule has 3 aliphatic rings. The van der Waals surface area contributed by atoms with Gasteiger partial charge in [0.1, 0.15) is 23.8 Å². The fourth-order valence-electron chi connectivity index (χ4n) is 5.43. The number of aryl methyl sites for hydroxylation is 1. The zero-order valence-electron chi connectivity index (χ0n) is 18.7. The monoisotopic (exact) mass is 423 g/mol. The van der Waals surface area contributed by atoms with Gasteiger partial charge in [0.2, 0.25) is 5.91 Å². The topological polar surface area (TPSA) is 79.2 Å². The van der Waals surface area contributed by atoms with E-state index in [2.05, 4.69) is 49.7 Å². The van der Waals surface area contributed by atoms with Gasteiger partial charge in [0.05, 0.1) is 5.69 Å². The van der Waals surface area contributed by atoms with Crippen molar-refractivity contribution in [2.24, 2.45) is 0 Å². The van der Waals surface area contributed by atoms with Gasteiger partial charge in [0, 0.05) is 50.3 Å². The number of piperidine rings is 1.